The van der Waals surface area contributed by atoms with Gasteiger partial charge in [0.25, 0.3) is 0 Å². The standard InChI is InChI=1S/C16H21NO4/c18-11-5-8-14-15(19)9-4-10-17(14)16(20)21-12-13-6-2-1-3-7-13/h1-3,6-7,11,14-15,19H,4-5,8-10,12H2/t14-,15+/m0/s1. The second kappa shape index (κ2) is 7.78. The third-order valence-corrected chi connectivity index (χ3v) is 3.76. The van der Waals surface area contributed by atoms with Crippen LogP contribution >= 0.6 is 0 Å². The molecule has 2 atom stereocenters. The number of hydrogen-bond acceptors (Lipinski definition) is 4. The average Bonchev–Trinajstić information content (AvgIpc) is 2.52. The minimum absolute atomic E-state index is 0.215. The number of aliphatic hydroxyl groups is 1. The van der Waals surface area contributed by atoms with Crippen LogP contribution in [0.4, 0.5) is 4.79 Å². The summed E-state index contributed by atoms with van der Waals surface area (Å²) in [7, 11) is 0. The van der Waals surface area contributed by atoms with Gasteiger partial charge in [0.2, 0.25) is 0 Å². The van der Waals surface area contributed by atoms with E-state index in [2.05, 4.69) is 0 Å². The van der Waals surface area contributed by atoms with Gasteiger partial charge in [-0.15, -0.1) is 0 Å². The molecule has 0 radical (unpaired) electrons. The summed E-state index contributed by atoms with van der Waals surface area (Å²) in [6.07, 6.45) is 2.03. The molecule has 0 saturated carbocycles. The molecule has 5 nitrogen and oxygen atoms in total. The van der Waals surface area contributed by atoms with Crippen LogP contribution < -0.4 is 0 Å². The van der Waals surface area contributed by atoms with Gasteiger partial charge < -0.3 is 19.5 Å². The number of likely N-dealkylation sites (tertiary alicyclic amines) is 1. The molecular weight excluding hydrogens is 270 g/mol. The number of carbonyl (C=O) groups excluding carboxylic acids is 2. The van der Waals surface area contributed by atoms with Gasteiger partial charge in [0.1, 0.15) is 12.9 Å². The summed E-state index contributed by atoms with van der Waals surface area (Å²) in [6.45, 7) is 0.779. The highest BCUT2D eigenvalue weighted by Gasteiger charge is 2.33. The van der Waals surface area contributed by atoms with Gasteiger partial charge in [-0.1, -0.05) is 30.3 Å². The highest BCUT2D eigenvalue weighted by atomic mass is 16.6. The molecule has 2 rings (SSSR count). The van der Waals surface area contributed by atoms with Crippen LogP contribution in [0, 0.1) is 0 Å². The van der Waals surface area contributed by atoms with E-state index >= 15 is 0 Å². The highest BCUT2D eigenvalue weighted by molar-refractivity contribution is 5.68. The van der Waals surface area contributed by atoms with Crippen molar-refractivity contribution in [2.24, 2.45) is 0 Å². The van der Waals surface area contributed by atoms with Crippen LogP contribution in [0.25, 0.3) is 0 Å². The number of aldehydes is 1. The highest BCUT2D eigenvalue weighted by Crippen LogP contribution is 2.22. The molecule has 1 amide bonds. The van der Waals surface area contributed by atoms with Crippen LogP contribution in [0.3, 0.4) is 0 Å². The van der Waals surface area contributed by atoms with Gasteiger partial charge in [0, 0.05) is 13.0 Å². The zero-order valence-corrected chi connectivity index (χ0v) is 12.0. The van der Waals surface area contributed by atoms with Crippen LogP contribution in [-0.2, 0) is 16.1 Å². The van der Waals surface area contributed by atoms with Gasteiger partial charge in [-0.25, -0.2) is 4.79 Å². The lowest BCUT2D eigenvalue weighted by atomic mass is 9.95. The summed E-state index contributed by atoms with van der Waals surface area (Å²) in [5.74, 6) is 0. The Morgan fingerprint density at radius 3 is 2.86 bits per heavy atom. The number of piperidine rings is 1. The molecule has 1 aromatic rings. The third kappa shape index (κ3) is 4.29. The zero-order valence-electron chi connectivity index (χ0n) is 12.0. The van der Waals surface area contributed by atoms with E-state index in [0.29, 0.717) is 25.8 Å². The minimum Gasteiger partial charge on any atom is -0.445 e. The van der Waals surface area contributed by atoms with Crippen molar-refractivity contribution in [3.63, 3.8) is 0 Å². The molecule has 1 aromatic carbocycles. The van der Waals surface area contributed by atoms with Crippen LogP contribution in [0.1, 0.15) is 31.2 Å². The quantitative estimate of drug-likeness (QED) is 0.844. The fraction of sp³-hybridized carbons (Fsp3) is 0.500. The maximum atomic E-state index is 12.2. The Morgan fingerprint density at radius 2 is 2.14 bits per heavy atom. The van der Waals surface area contributed by atoms with Crippen molar-refractivity contribution in [2.75, 3.05) is 6.54 Å². The van der Waals surface area contributed by atoms with Gasteiger partial charge in [-0.2, -0.15) is 0 Å². The summed E-state index contributed by atoms with van der Waals surface area (Å²) in [6, 6.07) is 9.14. The Hall–Kier alpha value is -1.88. The largest absolute Gasteiger partial charge is 0.445 e. The maximum absolute atomic E-state index is 12.2. The molecule has 1 fully saturated rings. The Labute approximate surface area is 124 Å². The molecule has 0 spiro atoms. The van der Waals surface area contributed by atoms with E-state index in [1.165, 1.54) is 0 Å². The molecule has 1 heterocycles. The van der Waals surface area contributed by atoms with Crippen molar-refractivity contribution >= 4 is 12.4 Å². The van der Waals surface area contributed by atoms with Crippen LogP contribution in [0.2, 0.25) is 0 Å². The second-order valence-electron chi connectivity index (χ2n) is 5.25. The molecule has 1 N–H and O–H groups in total. The SMILES string of the molecule is O=CCC[C@H]1[C@H](O)CCCN1C(=O)OCc1ccccc1. The van der Waals surface area contributed by atoms with Crippen molar-refractivity contribution in [2.45, 2.75) is 44.4 Å². The number of carbonyl (C=O) groups is 2. The number of ether oxygens (including phenoxy) is 1. The summed E-state index contributed by atoms with van der Waals surface area (Å²) < 4.78 is 5.31. The lowest BCUT2D eigenvalue weighted by Gasteiger charge is -2.38. The van der Waals surface area contributed by atoms with E-state index in [9.17, 15) is 14.7 Å². The molecule has 0 aromatic heterocycles. The van der Waals surface area contributed by atoms with Crippen LogP contribution in [0.15, 0.2) is 30.3 Å². The number of hydrogen-bond donors (Lipinski definition) is 1. The summed E-state index contributed by atoms with van der Waals surface area (Å²) in [4.78, 5) is 24.3. The Morgan fingerprint density at radius 1 is 1.38 bits per heavy atom. The van der Waals surface area contributed by atoms with E-state index in [4.69, 9.17) is 4.74 Å². The first-order valence-electron chi connectivity index (χ1n) is 7.31. The van der Waals surface area contributed by atoms with E-state index in [-0.39, 0.29) is 12.6 Å². The lowest BCUT2D eigenvalue weighted by molar-refractivity contribution is -0.108. The number of aliphatic hydroxyl groups excluding tert-OH is 1. The summed E-state index contributed by atoms with van der Waals surface area (Å²) >= 11 is 0. The second-order valence-corrected chi connectivity index (χ2v) is 5.25. The minimum atomic E-state index is -0.581. The first-order chi connectivity index (χ1) is 10.2. The molecule has 1 aliphatic heterocycles. The van der Waals surface area contributed by atoms with Crippen LogP contribution in [-0.4, -0.2) is 41.1 Å². The molecule has 0 aliphatic carbocycles. The molecule has 21 heavy (non-hydrogen) atoms. The molecule has 1 saturated heterocycles. The molecule has 0 unspecified atom stereocenters. The van der Waals surface area contributed by atoms with Gasteiger partial charge in [0.05, 0.1) is 12.1 Å². The Bertz CT molecular complexity index is 463. The van der Waals surface area contributed by atoms with Crippen molar-refractivity contribution in [1.82, 2.24) is 4.90 Å². The summed E-state index contributed by atoms with van der Waals surface area (Å²) in [5.41, 5.74) is 0.924. The topological polar surface area (TPSA) is 66.8 Å². The van der Waals surface area contributed by atoms with Crippen molar-refractivity contribution in [3.8, 4) is 0 Å². The van der Waals surface area contributed by atoms with E-state index in [1.807, 2.05) is 30.3 Å². The molecule has 5 heteroatoms. The Kier molecular flexibility index (Phi) is 5.75. The summed E-state index contributed by atoms with van der Waals surface area (Å²) in [5, 5.41) is 10.0. The molecular formula is C16H21NO4. The van der Waals surface area contributed by atoms with Gasteiger partial charge in [-0.05, 0) is 24.8 Å². The number of amides is 1. The number of nitrogens with zero attached hydrogens (tertiary/aromatic N) is 1. The normalized spacial score (nSPS) is 21.9. The first-order valence-corrected chi connectivity index (χ1v) is 7.31. The van der Waals surface area contributed by atoms with Gasteiger partial charge in [0.15, 0.2) is 0 Å². The fourth-order valence-corrected chi connectivity index (χ4v) is 2.65. The van der Waals surface area contributed by atoms with Gasteiger partial charge in [-0.3, -0.25) is 0 Å². The van der Waals surface area contributed by atoms with Crippen LogP contribution in [0.5, 0.6) is 0 Å². The molecule has 0 bridgehead atoms. The van der Waals surface area contributed by atoms with E-state index < -0.39 is 12.2 Å². The number of benzene rings is 1. The monoisotopic (exact) mass is 291 g/mol. The first kappa shape index (κ1) is 15.5. The predicted molar refractivity (Wildman–Crippen MR) is 77.7 cm³/mol. The Balaban J connectivity index is 1.93. The predicted octanol–water partition coefficient (Wildman–Crippen LogP) is 2.13. The zero-order chi connectivity index (χ0) is 15.1. The fourth-order valence-electron chi connectivity index (χ4n) is 2.65. The number of rotatable bonds is 5. The van der Waals surface area contributed by atoms with E-state index in [0.717, 1.165) is 18.3 Å². The van der Waals surface area contributed by atoms with Crippen molar-refractivity contribution in [3.05, 3.63) is 35.9 Å². The van der Waals surface area contributed by atoms with Crippen molar-refractivity contribution < 1.29 is 19.4 Å². The third-order valence-electron chi connectivity index (χ3n) is 3.76. The smallest absolute Gasteiger partial charge is 0.410 e. The molecule has 1 aliphatic rings. The van der Waals surface area contributed by atoms with Gasteiger partial charge >= 0.3 is 6.09 Å². The maximum Gasteiger partial charge on any atom is 0.410 e. The van der Waals surface area contributed by atoms with Crippen molar-refractivity contribution in [1.29, 1.82) is 0 Å². The molecule has 114 valence electrons. The van der Waals surface area contributed by atoms with E-state index in [1.54, 1.807) is 4.90 Å². The average molecular weight is 291 g/mol. The lowest BCUT2D eigenvalue weighted by Crippen LogP contribution is -2.51.